The number of anilines is 2. The Labute approximate surface area is 149 Å². The van der Waals surface area contributed by atoms with Crippen LogP contribution in [0.5, 0.6) is 0 Å². The maximum Gasteiger partial charge on any atom is 0.228 e. The lowest BCUT2D eigenvalue weighted by molar-refractivity contribution is -0.118. The molecule has 1 aliphatic rings. The van der Waals surface area contributed by atoms with Gasteiger partial charge in [-0.25, -0.2) is 4.98 Å². The third kappa shape index (κ3) is 4.57. The molecule has 0 N–H and O–H groups in total. The molecule has 1 saturated heterocycles. The molecule has 1 fully saturated rings. The Morgan fingerprint density at radius 2 is 1.76 bits per heavy atom. The van der Waals surface area contributed by atoms with Crippen molar-refractivity contribution in [3.8, 4) is 0 Å². The molecule has 1 amide bonds. The van der Waals surface area contributed by atoms with Gasteiger partial charge in [-0.1, -0.05) is 24.3 Å². The van der Waals surface area contributed by atoms with Crippen molar-refractivity contribution in [2.24, 2.45) is 0 Å². The summed E-state index contributed by atoms with van der Waals surface area (Å²) >= 11 is 0. The Morgan fingerprint density at radius 1 is 1.04 bits per heavy atom. The van der Waals surface area contributed by atoms with E-state index in [4.69, 9.17) is 0 Å². The first-order chi connectivity index (χ1) is 12.3. The van der Waals surface area contributed by atoms with E-state index in [1.54, 1.807) is 0 Å². The molecule has 0 spiro atoms. The van der Waals surface area contributed by atoms with Crippen molar-refractivity contribution in [2.45, 2.75) is 13.3 Å². The van der Waals surface area contributed by atoms with Gasteiger partial charge in [0.2, 0.25) is 5.91 Å². The van der Waals surface area contributed by atoms with Gasteiger partial charge in [-0.05, 0) is 31.2 Å². The molecule has 1 aliphatic heterocycles. The monoisotopic (exact) mass is 338 g/mol. The van der Waals surface area contributed by atoms with Crippen LogP contribution in [0.1, 0.15) is 13.3 Å². The zero-order valence-corrected chi connectivity index (χ0v) is 14.8. The summed E-state index contributed by atoms with van der Waals surface area (Å²) in [5.41, 5.74) is 0.981. The molecule has 2 heterocycles. The molecule has 0 radical (unpaired) electrons. The van der Waals surface area contributed by atoms with Gasteiger partial charge >= 0.3 is 0 Å². The molecule has 25 heavy (non-hydrogen) atoms. The predicted octanol–water partition coefficient (Wildman–Crippen LogP) is 2.65. The Kier molecular flexibility index (Phi) is 6.01. The van der Waals surface area contributed by atoms with Crippen LogP contribution in [-0.2, 0) is 4.79 Å². The first-order valence-corrected chi connectivity index (χ1v) is 9.01. The first-order valence-electron chi connectivity index (χ1n) is 9.01. The van der Waals surface area contributed by atoms with Crippen molar-refractivity contribution in [3.05, 3.63) is 54.7 Å². The minimum absolute atomic E-state index is 0.195. The van der Waals surface area contributed by atoms with Crippen LogP contribution in [-0.4, -0.2) is 55.1 Å². The van der Waals surface area contributed by atoms with Crippen molar-refractivity contribution >= 4 is 17.4 Å². The summed E-state index contributed by atoms with van der Waals surface area (Å²) in [5.74, 6) is 1.24. The number of piperazine rings is 1. The van der Waals surface area contributed by atoms with E-state index in [1.807, 2.05) is 60.5 Å². The van der Waals surface area contributed by atoms with E-state index in [0.717, 1.165) is 44.2 Å². The summed E-state index contributed by atoms with van der Waals surface area (Å²) in [7, 11) is 0. The molecule has 5 nitrogen and oxygen atoms in total. The van der Waals surface area contributed by atoms with E-state index in [0.29, 0.717) is 13.0 Å². The fourth-order valence-electron chi connectivity index (χ4n) is 3.24. The maximum absolute atomic E-state index is 12.6. The minimum atomic E-state index is 0.195. The van der Waals surface area contributed by atoms with Gasteiger partial charge in [0.05, 0.1) is 0 Å². The summed E-state index contributed by atoms with van der Waals surface area (Å²) in [6, 6.07) is 15.9. The molecule has 0 atom stereocenters. The second-order valence-corrected chi connectivity index (χ2v) is 6.24. The summed E-state index contributed by atoms with van der Waals surface area (Å²) in [5, 5.41) is 0. The summed E-state index contributed by atoms with van der Waals surface area (Å²) in [4.78, 5) is 23.5. The third-order valence-corrected chi connectivity index (χ3v) is 4.67. The van der Waals surface area contributed by atoms with Gasteiger partial charge in [0.15, 0.2) is 0 Å². The summed E-state index contributed by atoms with van der Waals surface area (Å²) in [6.45, 7) is 7.41. The van der Waals surface area contributed by atoms with E-state index in [2.05, 4.69) is 20.9 Å². The number of nitrogens with zero attached hydrogens (tertiary/aromatic N) is 4. The zero-order chi connectivity index (χ0) is 17.5. The minimum Gasteiger partial charge on any atom is -0.354 e. The molecule has 0 bridgehead atoms. The largest absolute Gasteiger partial charge is 0.354 e. The molecule has 132 valence electrons. The van der Waals surface area contributed by atoms with Crippen LogP contribution in [0.15, 0.2) is 54.7 Å². The SMILES string of the molecule is CCN(C(=O)CCN1CCN(c2ccccn2)CC1)c1ccccc1. The number of carbonyl (C=O) groups excluding carboxylic acids is 1. The number of hydrogen-bond acceptors (Lipinski definition) is 4. The predicted molar refractivity (Wildman–Crippen MR) is 102 cm³/mol. The van der Waals surface area contributed by atoms with Crippen molar-refractivity contribution in [1.82, 2.24) is 9.88 Å². The number of rotatable bonds is 6. The molecule has 0 saturated carbocycles. The van der Waals surface area contributed by atoms with E-state index in [-0.39, 0.29) is 5.91 Å². The molecule has 1 aromatic heterocycles. The Hall–Kier alpha value is -2.40. The van der Waals surface area contributed by atoms with E-state index >= 15 is 0 Å². The van der Waals surface area contributed by atoms with Gasteiger partial charge in [-0.2, -0.15) is 0 Å². The number of amides is 1. The molecule has 5 heteroatoms. The third-order valence-electron chi connectivity index (χ3n) is 4.67. The molecular weight excluding hydrogens is 312 g/mol. The zero-order valence-electron chi connectivity index (χ0n) is 14.8. The normalized spacial score (nSPS) is 15.2. The van der Waals surface area contributed by atoms with E-state index < -0.39 is 0 Å². The molecule has 3 rings (SSSR count). The van der Waals surface area contributed by atoms with Gasteiger partial charge in [0.25, 0.3) is 0 Å². The highest BCUT2D eigenvalue weighted by Crippen LogP contribution is 2.15. The first kappa shape index (κ1) is 17.4. The van der Waals surface area contributed by atoms with Crippen LogP contribution in [0.25, 0.3) is 0 Å². The van der Waals surface area contributed by atoms with Crippen LogP contribution in [0.3, 0.4) is 0 Å². The van der Waals surface area contributed by atoms with Crippen molar-refractivity contribution < 1.29 is 4.79 Å². The Morgan fingerprint density at radius 3 is 2.40 bits per heavy atom. The standard InChI is InChI=1S/C20H26N4O/c1-2-24(18-8-4-3-5-9-18)20(25)11-13-22-14-16-23(17-15-22)19-10-6-7-12-21-19/h3-10,12H,2,11,13-17H2,1H3. The van der Waals surface area contributed by atoms with Crippen molar-refractivity contribution in [2.75, 3.05) is 49.1 Å². The summed E-state index contributed by atoms with van der Waals surface area (Å²) in [6.07, 6.45) is 2.40. The van der Waals surface area contributed by atoms with E-state index in [9.17, 15) is 4.79 Å². The summed E-state index contributed by atoms with van der Waals surface area (Å²) < 4.78 is 0. The number of pyridine rings is 1. The van der Waals surface area contributed by atoms with E-state index in [1.165, 1.54) is 0 Å². The van der Waals surface area contributed by atoms with Gasteiger partial charge < -0.3 is 9.80 Å². The van der Waals surface area contributed by atoms with Crippen LogP contribution in [0.4, 0.5) is 11.5 Å². The lowest BCUT2D eigenvalue weighted by Crippen LogP contribution is -2.47. The average Bonchev–Trinajstić information content (AvgIpc) is 2.69. The second-order valence-electron chi connectivity index (χ2n) is 6.24. The van der Waals surface area contributed by atoms with Crippen LogP contribution < -0.4 is 9.80 Å². The smallest absolute Gasteiger partial charge is 0.228 e. The van der Waals surface area contributed by atoms with Crippen LogP contribution in [0, 0.1) is 0 Å². The second kappa shape index (κ2) is 8.62. The van der Waals surface area contributed by atoms with Crippen molar-refractivity contribution in [3.63, 3.8) is 0 Å². The van der Waals surface area contributed by atoms with Gasteiger partial charge in [-0.3, -0.25) is 9.69 Å². The number of hydrogen-bond donors (Lipinski definition) is 0. The Balaban J connectivity index is 1.47. The lowest BCUT2D eigenvalue weighted by Gasteiger charge is -2.35. The Bertz CT molecular complexity index is 654. The number of para-hydroxylation sites is 1. The number of aromatic nitrogens is 1. The highest BCUT2D eigenvalue weighted by molar-refractivity contribution is 5.93. The van der Waals surface area contributed by atoms with Crippen LogP contribution in [0.2, 0.25) is 0 Å². The highest BCUT2D eigenvalue weighted by Gasteiger charge is 2.20. The number of carbonyl (C=O) groups is 1. The molecule has 0 unspecified atom stereocenters. The average molecular weight is 338 g/mol. The highest BCUT2D eigenvalue weighted by atomic mass is 16.2. The van der Waals surface area contributed by atoms with Gasteiger partial charge in [0.1, 0.15) is 5.82 Å². The number of benzene rings is 1. The molecular formula is C20H26N4O. The van der Waals surface area contributed by atoms with Gasteiger partial charge in [0, 0.05) is 57.6 Å². The topological polar surface area (TPSA) is 39.7 Å². The fourth-order valence-corrected chi connectivity index (χ4v) is 3.24. The lowest BCUT2D eigenvalue weighted by atomic mass is 10.2. The maximum atomic E-state index is 12.6. The quantitative estimate of drug-likeness (QED) is 0.812. The molecule has 0 aliphatic carbocycles. The fraction of sp³-hybridized carbons (Fsp3) is 0.400. The molecule has 2 aromatic rings. The van der Waals surface area contributed by atoms with Gasteiger partial charge in [-0.15, -0.1) is 0 Å². The van der Waals surface area contributed by atoms with Crippen LogP contribution >= 0.6 is 0 Å². The van der Waals surface area contributed by atoms with Crippen molar-refractivity contribution in [1.29, 1.82) is 0 Å². The molecule has 1 aromatic carbocycles.